The summed E-state index contributed by atoms with van der Waals surface area (Å²) in [6.45, 7) is 21.8. The van der Waals surface area contributed by atoms with Gasteiger partial charge in [-0.25, -0.2) is 0 Å². The van der Waals surface area contributed by atoms with Crippen molar-refractivity contribution in [3.63, 3.8) is 0 Å². The first-order valence-corrected chi connectivity index (χ1v) is 13.8. The van der Waals surface area contributed by atoms with E-state index in [0.717, 1.165) is 12.8 Å². The number of allylic oxidation sites excluding steroid dienone is 5. The molecule has 0 bridgehead atoms. The van der Waals surface area contributed by atoms with E-state index >= 15 is 0 Å². The van der Waals surface area contributed by atoms with E-state index in [1.807, 2.05) is 12.2 Å². The summed E-state index contributed by atoms with van der Waals surface area (Å²) in [5, 5.41) is 2.57. The lowest BCUT2D eigenvalue weighted by Crippen LogP contribution is -2.25. The van der Waals surface area contributed by atoms with E-state index in [4.69, 9.17) is 0 Å². The Labute approximate surface area is 228 Å². The Kier molecular flexibility index (Phi) is 6.42. The number of aromatic nitrogens is 2. The minimum Gasteiger partial charge on any atom is -0.361 e. The molecule has 0 aliphatic heterocycles. The summed E-state index contributed by atoms with van der Waals surface area (Å²) >= 11 is 0. The van der Waals surface area contributed by atoms with Crippen LogP contribution in [0.4, 0.5) is 0 Å². The third-order valence-electron chi connectivity index (χ3n) is 9.06. The van der Waals surface area contributed by atoms with E-state index in [-0.39, 0.29) is 16.2 Å². The van der Waals surface area contributed by atoms with E-state index in [2.05, 4.69) is 132 Å². The summed E-state index contributed by atoms with van der Waals surface area (Å²) in [5.41, 5.74) is 8.89. The van der Waals surface area contributed by atoms with Gasteiger partial charge in [0, 0.05) is 50.9 Å². The van der Waals surface area contributed by atoms with Crippen molar-refractivity contribution < 1.29 is 0 Å². The lowest BCUT2D eigenvalue weighted by atomic mass is 9.66. The molecule has 1 aliphatic carbocycles. The van der Waals surface area contributed by atoms with Crippen molar-refractivity contribution in [3.8, 4) is 0 Å². The van der Waals surface area contributed by atoms with Crippen molar-refractivity contribution in [2.24, 2.45) is 5.41 Å². The summed E-state index contributed by atoms with van der Waals surface area (Å²) in [6.07, 6.45) is 17.9. The minimum atomic E-state index is -0.0890. The number of hydrogen-bond acceptors (Lipinski definition) is 0. The molecule has 2 heterocycles. The van der Waals surface area contributed by atoms with Crippen LogP contribution in [0.3, 0.4) is 0 Å². The first-order valence-electron chi connectivity index (χ1n) is 13.8. The summed E-state index contributed by atoms with van der Waals surface area (Å²) in [5.74, 6) is 0.317. The van der Waals surface area contributed by atoms with E-state index < -0.39 is 0 Å². The zero-order valence-electron chi connectivity index (χ0n) is 23.9. The minimum absolute atomic E-state index is 0.0218. The van der Waals surface area contributed by atoms with Crippen molar-refractivity contribution in [2.45, 2.75) is 71.1 Å². The Hall–Kier alpha value is -3.52. The number of nitrogens with one attached hydrogen (secondary N) is 2. The zero-order chi connectivity index (χ0) is 27.3. The van der Waals surface area contributed by atoms with Gasteiger partial charge in [-0.1, -0.05) is 82.7 Å². The third-order valence-corrected chi connectivity index (χ3v) is 9.06. The van der Waals surface area contributed by atoms with Gasteiger partial charge in [0.15, 0.2) is 0 Å². The molecule has 0 unspecified atom stereocenters. The second-order valence-electron chi connectivity index (χ2n) is 12.7. The fourth-order valence-corrected chi connectivity index (χ4v) is 5.99. The van der Waals surface area contributed by atoms with Crippen LogP contribution in [0, 0.1) is 5.41 Å². The van der Waals surface area contributed by atoms with E-state index in [0.29, 0.717) is 5.92 Å². The van der Waals surface area contributed by atoms with Crippen LogP contribution in [-0.4, -0.2) is 9.97 Å². The van der Waals surface area contributed by atoms with Gasteiger partial charge in [-0.15, -0.1) is 13.2 Å². The molecule has 0 amide bonds. The molecule has 5 rings (SSSR count). The molecule has 0 radical (unpaired) electrons. The molecule has 4 aromatic rings. The Morgan fingerprint density at radius 3 is 2.05 bits per heavy atom. The molecule has 38 heavy (non-hydrogen) atoms. The van der Waals surface area contributed by atoms with Gasteiger partial charge in [-0.3, -0.25) is 0 Å². The fraction of sp³-hybridized carbons (Fsp3) is 0.333. The van der Waals surface area contributed by atoms with Crippen LogP contribution in [0.2, 0.25) is 0 Å². The Morgan fingerprint density at radius 1 is 0.868 bits per heavy atom. The number of rotatable bonds is 7. The van der Waals surface area contributed by atoms with Crippen LogP contribution >= 0.6 is 0 Å². The van der Waals surface area contributed by atoms with Crippen molar-refractivity contribution in [1.29, 1.82) is 0 Å². The third kappa shape index (κ3) is 4.51. The number of benzene rings is 2. The maximum Gasteiger partial charge on any atom is 0.0457 e. The smallest absolute Gasteiger partial charge is 0.0457 e. The monoisotopic (exact) mass is 502 g/mol. The highest BCUT2D eigenvalue weighted by Gasteiger charge is 2.35. The molecule has 0 saturated heterocycles. The maximum atomic E-state index is 4.09. The van der Waals surface area contributed by atoms with Crippen LogP contribution in [0.15, 0.2) is 91.8 Å². The van der Waals surface area contributed by atoms with Gasteiger partial charge in [-0.05, 0) is 71.7 Å². The van der Waals surface area contributed by atoms with E-state index in [1.54, 1.807) is 0 Å². The van der Waals surface area contributed by atoms with Gasteiger partial charge >= 0.3 is 0 Å². The molecule has 2 atom stereocenters. The molecule has 0 saturated carbocycles. The van der Waals surface area contributed by atoms with Crippen LogP contribution in [0.5, 0.6) is 0 Å². The SMILES string of the molecule is C=CC(C)(C)c1c[nH]c2ccc(/C=C/[C@@]3(C)CCC(C)=C[C@H]3c3ccc4[nH]cc(C(C)(C)C=C)c4c3)cc12. The zero-order valence-corrected chi connectivity index (χ0v) is 23.9. The Morgan fingerprint density at radius 2 is 1.45 bits per heavy atom. The highest BCUT2D eigenvalue weighted by atomic mass is 14.7. The molecular weight excluding hydrogens is 460 g/mol. The van der Waals surface area contributed by atoms with Gasteiger partial charge in [0.25, 0.3) is 0 Å². The normalized spacial score (nSPS) is 20.8. The molecule has 2 nitrogen and oxygen atoms in total. The number of hydrogen-bond donors (Lipinski definition) is 2. The highest BCUT2D eigenvalue weighted by molar-refractivity contribution is 5.87. The van der Waals surface area contributed by atoms with Crippen LogP contribution in [0.1, 0.15) is 82.6 Å². The molecular formula is C36H42N2. The predicted molar refractivity (Wildman–Crippen MR) is 166 cm³/mol. The predicted octanol–water partition coefficient (Wildman–Crippen LogP) is 10.1. The first kappa shape index (κ1) is 26.1. The molecule has 2 N–H and O–H groups in total. The molecule has 0 fully saturated rings. The average Bonchev–Trinajstić information content (AvgIpc) is 3.53. The lowest BCUT2D eigenvalue weighted by molar-refractivity contribution is 0.334. The fourth-order valence-electron chi connectivity index (χ4n) is 5.99. The summed E-state index contributed by atoms with van der Waals surface area (Å²) < 4.78 is 0. The van der Waals surface area contributed by atoms with Gasteiger partial charge in [-0.2, -0.15) is 0 Å². The topological polar surface area (TPSA) is 31.6 Å². The van der Waals surface area contributed by atoms with Crippen molar-refractivity contribution in [1.82, 2.24) is 9.97 Å². The maximum absolute atomic E-state index is 4.09. The summed E-state index contributed by atoms with van der Waals surface area (Å²) in [4.78, 5) is 6.93. The standard InChI is InChI=1S/C36H42N2/c1-9-34(4,5)30-22-37-32-13-11-25(20-27(30)32)16-18-36(8)17-15-24(3)19-29(36)26-12-14-33-28(21-26)31(23-38-33)35(6,7)10-2/h9-14,16,18-23,29,37-38H,1-2,15,17H2,3-8H3/b18-16+/t29-,36+/m0/s1. The summed E-state index contributed by atoms with van der Waals surface area (Å²) in [7, 11) is 0. The molecule has 2 heteroatoms. The average molecular weight is 503 g/mol. The molecule has 196 valence electrons. The Bertz CT molecular complexity index is 1580. The second-order valence-corrected chi connectivity index (χ2v) is 12.7. The van der Waals surface area contributed by atoms with Crippen molar-refractivity contribution >= 4 is 27.9 Å². The molecule has 0 spiro atoms. The van der Waals surface area contributed by atoms with E-state index in [1.165, 1.54) is 49.6 Å². The number of fused-ring (bicyclic) bond motifs is 2. The number of H-pyrrole nitrogens is 2. The summed E-state index contributed by atoms with van der Waals surface area (Å²) in [6, 6.07) is 13.7. The van der Waals surface area contributed by atoms with Crippen LogP contribution in [-0.2, 0) is 10.8 Å². The largest absolute Gasteiger partial charge is 0.361 e. The number of aromatic amines is 2. The van der Waals surface area contributed by atoms with Gasteiger partial charge < -0.3 is 9.97 Å². The van der Waals surface area contributed by atoms with Gasteiger partial charge in [0.1, 0.15) is 0 Å². The van der Waals surface area contributed by atoms with Gasteiger partial charge in [0.05, 0.1) is 0 Å². The van der Waals surface area contributed by atoms with E-state index in [9.17, 15) is 0 Å². The molecule has 2 aromatic carbocycles. The van der Waals surface area contributed by atoms with Crippen LogP contribution in [0.25, 0.3) is 27.9 Å². The van der Waals surface area contributed by atoms with Crippen LogP contribution < -0.4 is 0 Å². The lowest BCUT2D eigenvalue weighted by Gasteiger charge is -2.38. The quantitative estimate of drug-likeness (QED) is 0.236. The Balaban J connectivity index is 1.54. The first-order chi connectivity index (χ1) is 18.0. The van der Waals surface area contributed by atoms with Gasteiger partial charge in [0.2, 0.25) is 0 Å². The second kappa shape index (κ2) is 9.34. The molecule has 2 aromatic heterocycles. The van der Waals surface area contributed by atoms with Crippen molar-refractivity contribution in [2.75, 3.05) is 0 Å². The van der Waals surface area contributed by atoms with Crippen molar-refractivity contribution in [3.05, 3.63) is 114 Å². The highest BCUT2D eigenvalue weighted by Crippen LogP contribution is 2.48. The molecule has 1 aliphatic rings.